The molecule has 3 rings (SSSR count). The molecule has 0 fully saturated rings. The Morgan fingerprint density at radius 3 is 2.16 bits per heavy atom. The summed E-state index contributed by atoms with van der Waals surface area (Å²) in [6, 6.07) is 20.2. The van der Waals surface area contributed by atoms with Gasteiger partial charge >= 0.3 is 0 Å². The topological polar surface area (TPSA) is 36.1 Å². The van der Waals surface area contributed by atoms with Crippen LogP contribution in [0, 0.1) is 13.8 Å². The molecule has 0 bridgehead atoms. The van der Waals surface area contributed by atoms with E-state index in [2.05, 4.69) is 45.1 Å². The van der Waals surface area contributed by atoms with Crippen LogP contribution >= 0.6 is 12.2 Å². The van der Waals surface area contributed by atoms with Crippen molar-refractivity contribution < 1.29 is 9.67 Å². The smallest absolute Gasteiger partial charge is 0.287 e. The van der Waals surface area contributed by atoms with Gasteiger partial charge in [-0.2, -0.15) is 4.57 Å². The monoisotopic (exact) mass is 431 g/mol. The lowest BCUT2D eigenvalue weighted by Gasteiger charge is -2.18. The number of rotatable bonds is 5. The number of aliphatic hydroxyl groups is 1. The molecule has 2 N–H and O–H groups in total. The maximum absolute atomic E-state index is 11.3. The average molecular weight is 432 g/mol. The Balaban J connectivity index is 2.02. The number of aryl methyl sites for hydroxylation is 2. The number of thiocarbonyl (C=S) groups is 1. The number of aromatic nitrogens is 1. The molecular weight excluding hydrogens is 400 g/mol. The molecule has 2 aromatic carbocycles. The minimum atomic E-state index is 0.0468. The number of hydrogen-bond donors (Lipinski definition) is 2. The third kappa shape index (κ3) is 5.59. The third-order valence-electron chi connectivity index (χ3n) is 5.47. The fourth-order valence-electron chi connectivity index (χ4n) is 3.31. The van der Waals surface area contributed by atoms with Crippen LogP contribution in [0.2, 0.25) is 0 Å². The minimum absolute atomic E-state index is 0.0468. The SMILES string of the molecule is Cc1ccc(C(O)=C(C(=S)NCc2ccccc2)[n+]2ccc(C(C)(C)C)cc2)cc1C. The predicted octanol–water partition coefficient (Wildman–Crippen LogP) is 5.89. The van der Waals surface area contributed by atoms with Crippen molar-refractivity contribution in [2.24, 2.45) is 0 Å². The molecule has 0 aliphatic rings. The summed E-state index contributed by atoms with van der Waals surface area (Å²) < 4.78 is 1.89. The van der Waals surface area contributed by atoms with Gasteiger partial charge in [0, 0.05) is 24.2 Å². The van der Waals surface area contributed by atoms with E-state index in [9.17, 15) is 5.11 Å². The zero-order valence-corrected chi connectivity index (χ0v) is 19.8. The Kier molecular flexibility index (Phi) is 6.91. The summed E-state index contributed by atoms with van der Waals surface area (Å²) in [7, 11) is 0. The van der Waals surface area contributed by atoms with E-state index in [1.165, 1.54) is 11.1 Å². The van der Waals surface area contributed by atoms with E-state index >= 15 is 0 Å². The van der Waals surface area contributed by atoms with Crippen LogP contribution in [0.15, 0.2) is 73.1 Å². The van der Waals surface area contributed by atoms with Crippen LogP contribution in [0.4, 0.5) is 0 Å². The van der Waals surface area contributed by atoms with Crippen LogP contribution < -0.4 is 9.88 Å². The second kappa shape index (κ2) is 9.44. The van der Waals surface area contributed by atoms with Gasteiger partial charge in [-0.3, -0.25) is 0 Å². The summed E-state index contributed by atoms with van der Waals surface area (Å²) in [5.41, 5.74) is 6.01. The summed E-state index contributed by atoms with van der Waals surface area (Å²) >= 11 is 5.75. The summed E-state index contributed by atoms with van der Waals surface area (Å²) in [4.78, 5) is 0.494. The van der Waals surface area contributed by atoms with Crippen LogP contribution in [0.3, 0.4) is 0 Å². The molecule has 0 spiro atoms. The van der Waals surface area contributed by atoms with Gasteiger partial charge in [0.2, 0.25) is 0 Å². The van der Waals surface area contributed by atoms with Gasteiger partial charge in [-0.25, -0.2) is 0 Å². The van der Waals surface area contributed by atoms with Gasteiger partial charge in [-0.15, -0.1) is 0 Å². The summed E-state index contributed by atoms with van der Waals surface area (Å²) in [6.45, 7) is 11.2. The normalized spacial score (nSPS) is 12.3. The number of aliphatic hydroxyl groups excluding tert-OH is 1. The number of benzene rings is 2. The lowest BCUT2D eigenvalue weighted by Crippen LogP contribution is -2.41. The van der Waals surface area contributed by atoms with E-state index < -0.39 is 0 Å². The molecule has 31 heavy (non-hydrogen) atoms. The fourth-order valence-corrected chi connectivity index (χ4v) is 3.58. The Hall–Kier alpha value is -2.98. The van der Waals surface area contributed by atoms with E-state index in [4.69, 9.17) is 12.2 Å². The molecule has 4 heteroatoms. The first-order valence-electron chi connectivity index (χ1n) is 10.5. The van der Waals surface area contributed by atoms with Gasteiger partial charge in [0.1, 0.15) is 0 Å². The first-order valence-corrected chi connectivity index (χ1v) is 10.9. The van der Waals surface area contributed by atoms with E-state index in [-0.39, 0.29) is 11.2 Å². The highest BCUT2D eigenvalue weighted by atomic mass is 32.1. The van der Waals surface area contributed by atoms with Gasteiger partial charge in [0.15, 0.2) is 23.1 Å². The molecular formula is C27H31N2OS+. The molecule has 160 valence electrons. The van der Waals surface area contributed by atoms with Crippen LogP contribution in [-0.2, 0) is 12.0 Å². The highest BCUT2D eigenvalue weighted by Crippen LogP contribution is 2.23. The first-order chi connectivity index (χ1) is 14.7. The van der Waals surface area contributed by atoms with Crippen molar-refractivity contribution in [1.82, 2.24) is 5.32 Å². The molecule has 3 nitrogen and oxygen atoms in total. The number of nitrogens with one attached hydrogen (secondary N) is 1. The van der Waals surface area contributed by atoms with Crippen molar-refractivity contribution in [3.8, 4) is 0 Å². The van der Waals surface area contributed by atoms with Crippen LogP contribution in [0.5, 0.6) is 0 Å². The van der Waals surface area contributed by atoms with Gasteiger partial charge in [-0.1, -0.05) is 75.5 Å². The number of nitrogens with zero attached hydrogens (tertiary/aromatic N) is 1. The zero-order chi connectivity index (χ0) is 22.6. The second-order valence-electron chi connectivity index (χ2n) is 8.91. The largest absolute Gasteiger partial charge is 0.502 e. The maximum Gasteiger partial charge on any atom is 0.287 e. The molecule has 0 unspecified atom stereocenters. The molecule has 0 aliphatic carbocycles. The first kappa shape index (κ1) is 22.7. The van der Waals surface area contributed by atoms with Gasteiger partial charge in [0.25, 0.3) is 5.70 Å². The molecule has 0 aliphatic heterocycles. The highest BCUT2D eigenvalue weighted by molar-refractivity contribution is 7.81. The molecule has 0 saturated carbocycles. The third-order valence-corrected chi connectivity index (χ3v) is 5.81. The number of pyridine rings is 1. The van der Waals surface area contributed by atoms with Crippen molar-refractivity contribution in [1.29, 1.82) is 0 Å². The van der Waals surface area contributed by atoms with Gasteiger partial charge in [-0.05, 0) is 47.6 Å². The Morgan fingerprint density at radius 1 is 0.935 bits per heavy atom. The van der Waals surface area contributed by atoms with Crippen molar-refractivity contribution in [3.05, 3.63) is 101 Å². The molecule has 0 atom stereocenters. The predicted molar refractivity (Wildman–Crippen MR) is 133 cm³/mol. The van der Waals surface area contributed by atoms with E-state index in [0.29, 0.717) is 17.2 Å². The summed E-state index contributed by atoms with van der Waals surface area (Å²) in [5.74, 6) is 0.155. The van der Waals surface area contributed by atoms with Crippen molar-refractivity contribution in [2.45, 2.75) is 46.6 Å². The van der Waals surface area contributed by atoms with Crippen molar-refractivity contribution in [3.63, 3.8) is 0 Å². The van der Waals surface area contributed by atoms with Crippen molar-refractivity contribution in [2.75, 3.05) is 0 Å². The van der Waals surface area contributed by atoms with Crippen LogP contribution in [0.1, 0.15) is 48.6 Å². The van der Waals surface area contributed by atoms with Crippen molar-refractivity contribution >= 4 is 28.7 Å². The molecule has 0 amide bonds. The van der Waals surface area contributed by atoms with Crippen LogP contribution in [-0.4, -0.2) is 10.1 Å². The summed E-state index contributed by atoms with van der Waals surface area (Å²) in [6.07, 6.45) is 3.92. The molecule has 3 aromatic rings. The minimum Gasteiger partial charge on any atom is -0.502 e. The second-order valence-corrected chi connectivity index (χ2v) is 9.32. The zero-order valence-electron chi connectivity index (χ0n) is 18.9. The van der Waals surface area contributed by atoms with Gasteiger partial charge < -0.3 is 10.4 Å². The molecule has 0 saturated heterocycles. The van der Waals surface area contributed by atoms with Gasteiger partial charge in [0.05, 0.1) is 0 Å². The molecule has 1 aromatic heterocycles. The lowest BCUT2D eigenvalue weighted by molar-refractivity contribution is -0.576. The Labute approximate surface area is 191 Å². The Bertz CT molecular complexity index is 1090. The lowest BCUT2D eigenvalue weighted by atomic mass is 9.88. The molecule has 1 heterocycles. The fraction of sp³-hybridized carbons (Fsp3) is 0.259. The van der Waals surface area contributed by atoms with E-state index in [0.717, 1.165) is 16.7 Å². The van der Waals surface area contributed by atoms with E-state index in [1.807, 2.05) is 72.4 Å². The number of hydrogen-bond acceptors (Lipinski definition) is 2. The standard InChI is InChI=1S/C27H30N2OS/c1-19-11-12-22(17-20(19)2)25(30)24(26(31)28-18-21-9-7-6-8-10-21)29-15-13-23(14-16-29)27(3,4)5/h6-17H,18H2,1-5H3,(H-,28,30,31)/p+1. The van der Waals surface area contributed by atoms with Crippen LogP contribution in [0.25, 0.3) is 11.5 Å². The Morgan fingerprint density at radius 2 is 1.58 bits per heavy atom. The summed E-state index contributed by atoms with van der Waals surface area (Å²) in [5, 5.41) is 14.6. The molecule has 0 radical (unpaired) electrons. The maximum atomic E-state index is 11.3. The highest BCUT2D eigenvalue weighted by Gasteiger charge is 2.25. The average Bonchev–Trinajstić information content (AvgIpc) is 2.75. The van der Waals surface area contributed by atoms with E-state index in [1.54, 1.807) is 0 Å². The quantitative estimate of drug-likeness (QED) is 0.229.